The van der Waals surface area contributed by atoms with Crippen molar-refractivity contribution >= 4 is 27.4 Å². The summed E-state index contributed by atoms with van der Waals surface area (Å²) in [6, 6.07) is 2.71. The van der Waals surface area contributed by atoms with Gasteiger partial charge in [-0.1, -0.05) is 11.6 Å². The normalized spacial score (nSPS) is 12.4. The average Bonchev–Trinajstić information content (AvgIpc) is 2.13. The maximum atomic E-state index is 11.9. The van der Waals surface area contributed by atoms with E-state index in [1.165, 1.54) is 18.3 Å². The fraction of sp³-hybridized carbons (Fsp3) is 0.444. The van der Waals surface area contributed by atoms with E-state index in [0.29, 0.717) is 0 Å². The van der Waals surface area contributed by atoms with Gasteiger partial charge < -0.3 is 0 Å². The summed E-state index contributed by atoms with van der Waals surface area (Å²) in [5.74, 6) is -0.643. The van der Waals surface area contributed by atoms with Gasteiger partial charge in [0.15, 0.2) is 0 Å². The van der Waals surface area contributed by atoms with Crippen molar-refractivity contribution in [3.05, 3.63) is 23.4 Å². The van der Waals surface area contributed by atoms with E-state index >= 15 is 0 Å². The fourth-order valence-corrected chi connectivity index (χ4v) is 2.35. The zero-order valence-corrected chi connectivity index (χ0v) is 10.6. The van der Waals surface area contributed by atoms with Crippen LogP contribution in [0.1, 0.15) is 12.8 Å². The summed E-state index contributed by atoms with van der Waals surface area (Å²) in [4.78, 5) is 3.68. The molecule has 1 aromatic rings. The van der Waals surface area contributed by atoms with Gasteiger partial charge in [0.25, 0.3) is 0 Å². The molecule has 1 rings (SSSR count). The molecule has 0 bridgehead atoms. The van der Waals surface area contributed by atoms with E-state index in [0.717, 1.165) is 0 Å². The first-order chi connectivity index (χ1) is 8.18. The zero-order valence-electron chi connectivity index (χ0n) is 9.04. The first-order valence-corrected chi connectivity index (χ1v) is 6.90. The minimum Gasteiger partial charge on any atom is -0.267 e. The highest BCUT2D eigenvalue weighted by molar-refractivity contribution is 7.92. The Morgan fingerprint density at radius 2 is 2.06 bits per heavy atom. The molecule has 0 aromatic carbocycles. The van der Waals surface area contributed by atoms with Crippen LogP contribution in [0.5, 0.6) is 0 Å². The summed E-state index contributed by atoms with van der Waals surface area (Å²) in [7, 11) is -3.84. The van der Waals surface area contributed by atoms with Crippen molar-refractivity contribution in [2.24, 2.45) is 0 Å². The Bertz CT molecular complexity index is 505. The second-order valence-corrected chi connectivity index (χ2v) is 5.78. The lowest BCUT2D eigenvalue weighted by molar-refractivity contribution is -0.134. The number of hydrogen-bond acceptors (Lipinski definition) is 3. The van der Waals surface area contributed by atoms with E-state index in [2.05, 4.69) is 9.71 Å². The average molecular weight is 303 g/mol. The monoisotopic (exact) mass is 302 g/mol. The van der Waals surface area contributed by atoms with Gasteiger partial charge in [0.05, 0.1) is 5.75 Å². The van der Waals surface area contributed by atoms with E-state index in [9.17, 15) is 21.6 Å². The van der Waals surface area contributed by atoms with E-state index in [1.807, 2.05) is 0 Å². The van der Waals surface area contributed by atoms with E-state index in [-0.39, 0.29) is 10.8 Å². The fourth-order valence-electron chi connectivity index (χ4n) is 1.13. The van der Waals surface area contributed by atoms with E-state index in [4.69, 9.17) is 11.6 Å². The number of anilines is 1. The lowest BCUT2D eigenvalue weighted by Crippen LogP contribution is -2.19. The number of sulfonamides is 1. The molecule has 1 heterocycles. The Morgan fingerprint density at radius 1 is 1.39 bits per heavy atom. The lowest BCUT2D eigenvalue weighted by Gasteiger charge is -2.08. The molecule has 0 aliphatic rings. The van der Waals surface area contributed by atoms with Crippen LogP contribution in [0.4, 0.5) is 19.0 Å². The second-order valence-electron chi connectivity index (χ2n) is 3.50. The third kappa shape index (κ3) is 6.06. The van der Waals surface area contributed by atoms with Crippen molar-refractivity contribution in [3.63, 3.8) is 0 Å². The number of aromatic nitrogens is 1. The Balaban J connectivity index is 2.55. The molecule has 0 aliphatic carbocycles. The summed E-state index contributed by atoms with van der Waals surface area (Å²) in [6.07, 6.45) is -4.71. The summed E-state index contributed by atoms with van der Waals surface area (Å²) < 4.78 is 60.5. The summed E-state index contributed by atoms with van der Waals surface area (Å²) in [6.45, 7) is 0. The standard InChI is InChI=1S/C9H10ClF3N2O2S/c10-7-2-4-14-8(6-7)15-18(16,17)5-1-3-9(11,12)13/h2,4,6H,1,3,5H2,(H,14,15). The van der Waals surface area contributed by atoms with Crippen molar-refractivity contribution in [2.45, 2.75) is 19.0 Å². The third-order valence-electron chi connectivity index (χ3n) is 1.86. The molecule has 0 spiro atoms. The zero-order chi connectivity index (χ0) is 13.8. The van der Waals surface area contributed by atoms with Gasteiger partial charge in [0, 0.05) is 23.7 Å². The molecule has 0 amide bonds. The van der Waals surface area contributed by atoms with Crippen LogP contribution in [-0.4, -0.2) is 25.3 Å². The van der Waals surface area contributed by atoms with Gasteiger partial charge in [-0.05, 0) is 12.5 Å². The highest BCUT2D eigenvalue weighted by Crippen LogP contribution is 2.22. The molecule has 9 heteroatoms. The van der Waals surface area contributed by atoms with Crippen molar-refractivity contribution < 1.29 is 21.6 Å². The molecule has 1 N–H and O–H groups in total. The Labute approximate surface area is 107 Å². The number of nitrogens with zero attached hydrogens (tertiary/aromatic N) is 1. The largest absolute Gasteiger partial charge is 0.389 e. The molecular weight excluding hydrogens is 293 g/mol. The Morgan fingerprint density at radius 3 is 2.61 bits per heavy atom. The molecule has 0 atom stereocenters. The van der Waals surface area contributed by atoms with Crippen LogP contribution in [0.2, 0.25) is 5.02 Å². The maximum Gasteiger partial charge on any atom is 0.389 e. The van der Waals surface area contributed by atoms with Gasteiger partial charge >= 0.3 is 6.18 Å². The van der Waals surface area contributed by atoms with Gasteiger partial charge in [0.1, 0.15) is 5.82 Å². The molecular formula is C9H10ClF3N2O2S. The van der Waals surface area contributed by atoms with Crippen LogP contribution in [0.25, 0.3) is 0 Å². The topological polar surface area (TPSA) is 59.1 Å². The van der Waals surface area contributed by atoms with Crippen LogP contribution in [-0.2, 0) is 10.0 Å². The minimum atomic E-state index is -4.36. The van der Waals surface area contributed by atoms with Crippen LogP contribution in [0, 0.1) is 0 Å². The van der Waals surface area contributed by atoms with E-state index < -0.39 is 34.8 Å². The van der Waals surface area contributed by atoms with Gasteiger partial charge in [-0.15, -0.1) is 0 Å². The Hall–Kier alpha value is -1.02. The predicted molar refractivity (Wildman–Crippen MR) is 61.9 cm³/mol. The van der Waals surface area contributed by atoms with Crippen molar-refractivity contribution in [2.75, 3.05) is 10.5 Å². The molecule has 0 unspecified atom stereocenters. The van der Waals surface area contributed by atoms with Crippen molar-refractivity contribution in [3.8, 4) is 0 Å². The van der Waals surface area contributed by atoms with Crippen molar-refractivity contribution in [1.29, 1.82) is 0 Å². The molecule has 0 aliphatic heterocycles. The van der Waals surface area contributed by atoms with Gasteiger partial charge in [-0.3, -0.25) is 4.72 Å². The highest BCUT2D eigenvalue weighted by Gasteiger charge is 2.27. The molecule has 18 heavy (non-hydrogen) atoms. The Kier molecular flexibility index (Phi) is 4.80. The number of rotatable bonds is 5. The van der Waals surface area contributed by atoms with Crippen LogP contribution >= 0.6 is 11.6 Å². The van der Waals surface area contributed by atoms with Gasteiger partial charge in [-0.2, -0.15) is 13.2 Å². The molecule has 0 fully saturated rings. The number of hydrogen-bond donors (Lipinski definition) is 1. The molecule has 0 saturated heterocycles. The lowest BCUT2D eigenvalue weighted by atomic mass is 10.3. The highest BCUT2D eigenvalue weighted by atomic mass is 35.5. The summed E-state index contributed by atoms with van der Waals surface area (Å²) >= 11 is 5.61. The predicted octanol–water partition coefficient (Wildman–Crippen LogP) is 2.82. The van der Waals surface area contributed by atoms with Crippen LogP contribution < -0.4 is 4.72 Å². The summed E-state index contributed by atoms with van der Waals surface area (Å²) in [5, 5.41) is 0.276. The minimum absolute atomic E-state index is 0.0190. The summed E-state index contributed by atoms with van der Waals surface area (Å²) in [5.41, 5.74) is 0. The second kappa shape index (κ2) is 5.75. The van der Waals surface area contributed by atoms with E-state index in [1.54, 1.807) is 0 Å². The number of nitrogens with one attached hydrogen (secondary N) is 1. The molecule has 0 radical (unpaired) electrons. The molecule has 1 aromatic heterocycles. The third-order valence-corrected chi connectivity index (χ3v) is 3.44. The quantitative estimate of drug-likeness (QED) is 0.910. The van der Waals surface area contributed by atoms with Gasteiger partial charge in [-0.25, -0.2) is 13.4 Å². The van der Waals surface area contributed by atoms with Crippen LogP contribution in [0.15, 0.2) is 18.3 Å². The molecule has 4 nitrogen and oxygen atoms in total. The SMILES string of the molecule is O=S(=O)(CCCC(F)(F)F)Nc1cc(Cl)ccn1. The molecule has 102 valence electrons. The smallest absolute Gasteiger partial charge is 0.267 e. The van der Waals surface area contributed by atoms with Gasteiger partial charge in [0.2, 0.25) is 10.0 Å². The van der Waals surface area contributed by atoms with Crippen LogP contribution in [0.3, 0.4) is 0 Å². The maximum absolute atomic E-state index is 11.9. The number of pyridine rings is 1. The first-order valence-electron chi connectivity index (χ1n) is 4.87. The first kappa shape index (κ1) is 15.0. The number of alkyl halides is 3. The van der Waals surface area contributed by atoms with Crippen molar-refractivity contribution in [1.82, 2.24) is 4.98 Å². The molecule has 0 saturated carbocycles. The number of halogens is 4.